The molecule has 0 N–H and O–H groups in total. The fourth-order valence-corrected chi connectivity index (χ4v) is 4.08. The van der Waals surface area contributed by atoms with Gasteiger partial charge < -0.3 is 9.47 Å². The molecule has 2 aromatic rings. The molecule has 120 valence electrons. The van der Waals surface area contributed by atoms with Gasteiger partial charge in [0.05, 0.1) is 5.75 Å². The number of carbonyl (C=O) groups excluding carboxylic acids is 1. The summed E-state index contributed by atoms with van der Waals surface area (Å²) >= 11 is 1.52. The highest BCUT2D eigenvalue weighted by atomic mass is 32.2. The number of hydrogen-bond acceptors (Lipinski definition) is 4. The molecule has 1 aliphatic carbocycles. The van der Waals surface area contributed by atoms with Gasteiger partial charge in [-0.25, -0.2) is 0 Å². The molecule has 1 aromatic heterocycles. The minimum absolute atomic E-state index is 0.188. The van der Waals surface area contributed by atoms with Crippen LogP contribution in [0.5, 0.6) is 0 Å². The number of thioether (sulfide) groups is 1. The van der Waals surface area contributed by atoms with Crippen molar-refractivity contribution in [3.05, 3.63) is 41.2 Å². The van der Waals surface area contributed by atoms with Crippen LogP contribution in [0.25, 0.3) is 0 Å². The molecule has 0 atom stereocenters. The number of aromatic nitrogens is 3. The summed E-state index contributed by atoms with van der Waals surface area (Å²) in [5.74, 6) is 1.58. The predicted molar refractivity (Wildman–Crippen MR) is 89.3 cm³/mol. The molecule has 0 unspecified atom stereocenters. The topological polar surface area (TPSA) is 51.0 Å². The van der Waals surface area contributed by atoms with Crippen LogP contribution in [0.3, 0.4) is 0 Å². The van der Waals surface area contributed by atoms with E-state index in [4.69, 9.17) is 0 Å². The van der Waals surface area contributed by atoms with E-state index in [1.165, 1.54) is 35.7 Å². The maximum absolute atomic E-state index is 12.5. The highest BCUT2D eigenvalue weighted by molar-refractivity contribution is 7.99. The monoisotopic (exact) mass is 328 g/mol. The lowest BCUT2D eigenvalue weighted by molar-refractivity contribution is -0.129. The Balaban J connectivity index is 1.39. The zero-order chi connectivity index (χ0) is 15.8. The number of amides is 1. The van der Waals surface area contributed by atoms with E-state index in [1.54, 1.807) is 0 Å². The summed E-state index contributed by atoms with van der Waals surface area (Å²) in [4.78, 5) is 14.5. The van der Waals surface area contributed by atoms with Crippen LogP contribution in [0, 0.1) is 6.92 Å². The molecule has 23 heavy (non-hydrogen) atoms. The Morgan fingerprint density at radius 2 is 2.04 bits per heavy atom. The third kappa shape index (κ3) is 3.00. The molecule has 0 radical (unpaired) electrons. The van der Waals surface area contributed by atoms with Crippen molar-refractivity contribution in [2.75, 3.05) is 12.3 Å². The molecule has 0 bridgehead atoms. The van der Waals surface area contributed by atoms with Crippen LogP contribution in [0.15, 0.2) is 29.4 Å². The van der Waals surface area contributed by atoms with Crippen LogP contribution in [-0.2, 0) is 17.8 Å². The van der Waals surface area contributed by atoms with Crippen LogP contribution in [0.1, 0.15) is 35.8 Å². The SMILES string of the molecule is Cc1nnc(SCC(=O)N2CCc3ccccc3C2)n1C1CC1. The molecule has 4 rings (SSSR count). The summed E-state index contributed by atoms with van der Waals surface area (Å²) < 4.78 is 2.18. The summed E-state index contributed by atoms with van der Waals surface area (Å²) in [6.07, 6.45) is 3.34. The molecule has 0 saturated heterocycles. The molecule has 6 heteroatoms. The van der Waals surface area contributed by atoms with E-state index in [2.05, 4.69) is 33.0 Å². The Morgan fingerprint density at radius 1 is 1.26 bits per heavy atom. The van der Waals surface area contributed by atoms with E-state index in [9.17, 15) is 4.79 Å². The van der Waals surface area contributed by atoms with E-state index in [0.29, 0.717) is 11.8 Å². The van der Waals surface area contributed by atoms with Gasteiger partial charge in [-0.3, -0.25) is 4.79 Å². The maximum Gasteiger partial charge on any atom is 0.233 e. The lowest BCUT2D eigenvalue weighted by Gasteiger charge is -2.28. The van der Waals surface area contributed by atoms with E-state index in [0.717, 1.165) is 30.5 Å². The van der Waals surface area contributed by atoms with Gasteiger partial charge in [0.2, 0.25) is 5.91 Å². The highest BCUT2D eigenvalue weighted by Crippen LogP contribution is 2.38. The van der Waals surface area contributed by atoms with Gasteiger partial charge in [-0.05, 0) is 37.3 Å². The van der Waals surface area contributed by atoms with Crippen LogP contribution >= 0.6 is 11.8 Å². The van der Waals surface area contributed by atoms with Crippen molar-refractivity contribution in [1.29, 1.82) is 0 Å². The Labute approximate surface area is 140 Å². The standard InChI is InChI=1S/C17H20N4OS/c1-12-18-19-17(21(12)15-6-7-15)23-11-16(22)20-9-8-13-4-2-3-5-14(13)10-20/h2-5,15H,6-11H2,1H3. The summed E-state index contributed by atoms with van der Waals surface area (Å²) in [5, 5.41) is 9.29. The first-order valence-corrected chi connectivity index (χ1v) is 9.10. The normalized spacial score (nSPS) is 17.2. The number of benzene rings is 1. The van der Waals surface area contributed by atoms with Crippen molar-refractivity contribution in [3.8, 4) is 0 Å². The molecule has 1 aliphatic heterocycles. The van der Waals surface area contributed by atoms with Gasteiger partial charge in [0, 0.05) is 19.1 Å². The molecular weight excluding hydrogens is 308 g/mol. The van der Waals surface area contributed by atoms with Crippen LogP contribution in [0.2, 0.25) is 0 Å². The van der Waals surface area contributed by atoms with E-state index < -0.39 is 0 Å². The number of fused-ring (bicyclic) bond motifs is 1. The average Bonchev–Trinajstić information content (AvgIpc) is 3.35. The molecule has 2 heterocycles. The summed E-state index contributed by atoms with van der Waals surface area (Å²) in [7, 11) is 0. The molecular formula is C17H20N4OS. The summed E-state index contributed by atoms with van der Waals surface area (Å²) in [5.41, 5.74) is 2.64. The lowest BCUT2D eigenvalue weighted by Crippen LogP contribution is -2.37. The van der Waals surface area contributed by atoms with Crippen molar-refractivity contribution < 1.29 is 4.79 Å². The fraction of sp³-hybridized carbons (Fsp3) is 0.471. The van der Waals surface area contributed by atoms with Crippen LogP contribution in [0.4, 0.5) is 0 Å². The van der Waals surface area contributed by atoms with Crippen molar-refractivity contribution in [1.82, 2.24) is 19.7 Å². The Morgan fingerprint density at radius 3 is 2.83 bits per heavy atom. The van der Waals surface area contributed by atoms with Crippen molar-refractivity contribution >= 4 is 17.7 Å². The lowest BCUT2D eigenvalue weighted by atomic mass is 10.00. The second kappa shape index (κ2) is 6.00. The highest BCUT2D eigenvalue weighted by Gasteiger charge is 2.29. The predicted octanol–water partition coefficient (Wildman–Crippen LogP) is 2.60. The largest absolute Gasteiger partial charge is 0.337 e. The van der Waals surface area contributed by atoms with E-state index in [-0.39, 0.29) is 5.91 Å². The summed E-state index contributed by atoms with van der Waals surface area (Å²) in [6, 6.07) is 8.94. The third-order valence-electron chi connectivity index (χ3n) is 4.56. The maximum atomic E-state index is 12.5. The Hall–Kier alpha value is -1.82. The number of aryl methyl sites for hydroxylation is 1. The minimum Gasteiger partial charge on any atom is -0.337 e. The first-order chi connectivity index (χ1) is 11.2. The van der Waals surface area contributed by atoms with Gasteiger partial charge in [0.25, 0.3) is 0 Å². The molecule has 2 aliphatic rings. The zero-order valence-corrected chi connectivity index (χ0v) is 14.1. The van der Waals surface area contributed by atoms with Gasteiger partial charge in [-0.2, -0.15) is 0 Å². The molecule has 1 saturated carbocycles. The Kier molecular flexibility index (Phi) is 3.85. The first-order valence-electron chi connectivity index (χ1n) is 8.11. The van der Waals surface area contributed by atoms with Crippen molar-refractivity contribution in [3.63, 3.8) is 0 Å². The summed E-state index contributed by atoms with van der Waals surface area (Å²) in [6.45, 7) is 3.52. The molecule has 5 nitrogen and oxygen atoms in total. The van der Waals surface area contributed by atoms with Crippen LogP contribution in [-0.4, -0.2) is 37.9 Å². The second-order valence-electron chi connectivity index (χ2n) is 6.25. The zero-order valence-electron chi connectivity index (χ0n) is 13.2. The van der Waals surface area contributed by atoms with Gasteiger partial charge in [-0.15, -0.1) is 10.2 Å². The second-order valence-corrected chi connectivity index (χ2v) is 7.20. The van der Waals surface area contributed by atoms with Crippen LogP contribution < -0.4 is 0 Å². The average molecular weight is 328 g/mol. The third-order valence-corrected chi connectivity index (χ3v) is 5.48. The number of carbonyl (C=O) groups is 1. The number of rotatable bonds is 4. The Bertz CT molecular complexity index is 738. The number of nitrogens with zero attached hydrogens (tertiary/aromatic N) is 4. The van der Waals surface area contributed by atoms with Crippen molar-refractivity contribution in [2.24, 2.45) is 0 Å². The molecule has 1 aromatic carbocycles. The first kappa shape index (κ1) is 14.8. The molecule has 1 fully saturated rings. The van der Waals surface area contributed by atoms with Crippen molar-refractivity contribution in [2.45, 2.75) is 43.9 Å². The van der Waals surface area contributed by atoms with E-state index in [1.807, 2.05) is 17.9 Å². The van der Waals surface area contributed by atoms with Gasteiger partial charge in [0.1, 0.15) is 5.82 Å². The van der Waals surface area contributed by atoms with Gasteiger partial charge in [-0.1, -0.05) is 36.0 Å². The van der Waals surface area contributed by atoms with Gasteiger partial charge >= 0.3 is 0 Å². The molecule has 0 spiro atoms. The molecule has 1 amide bonds. The fourth-order valence-electron chi connectivity index (χ4n) is 3.13. The van der Waals surface area contributed by atoms with Gasteiger partial charge in [0.15, 0.2) is 5.16 Å². The number of hydrogen-bond donors (Lipinski definition) is 0. The minimum atomic E-state index is 0.188. The quantitative estimate of drug-likeness (QED) is 0.810. The van der Waals surface area contributed by atoms with E-state index >= 15 is 0 Å². The smallest absolute Gasteiger partial charge is 0.233 e.